The minimum atomic E-state index is 1.13. The molecule has 0 saturated carbocycles. The lowest BCUT2D eigenvalue weighted by atomic mass is 10.1. The maximum Gasteiger partial charge on any atom is 0.00454 e. The van der Waals surface area contributed by atoms with Crippen LogP contribution in [-0.4, -0.2) is 5.75 Å². The first-order valence-corrected chi connectivity index (χ1v) is 6.63. The number of unbranched alkanes of at least 4 members (excludes halogenated alkanes) is 2. The van der Waals surface area contributed by atoms with Gasteiger partial charge < -0.3 is 0 Å². The summed E-state index contributed by atoms with van der Waals surface area (Å²) in [6.45, 7) is 0. The first kappa shape index (κ1) is 11.0. The van der Waals surface area contributed by atoms with Gasteiger partial charge in [-0.2, -0.15) is 0 Å². The van der Waals surface area contributed by atoms with Crippen LogP contribution in [0.15, 0.2) is 30.3 Å². The molecule has 0 bridgehead atoms. The highest BCUT2D eigenvalue weighted by atomic mass is 33.1. The van der Waals surface area contributed by atoms with Gasteiger partial charge in [0.15, 0.2) is 0 Å². The predicted molar refractivity (Wildman–Crippen MR) is 64.0 cm³/mol. The Balaban J connectivity index is 2.07. The quantitative estimate of drug-likeness (QED) is 0.501. The molecule has 0 heterocycles. The molecule has 0 aliphatic heterocycles. The Morgan fingerprint density at radius 3 is 2.46 bits per heavy atom. The van der Waals surface area contributed by atoms with Crippen molar-refractivity contribution in [2.24, 2.45) is 0 Å². The van der Waals surface area contributed by atoms with Gasteiger partial charge >= 0.3 is 0 Å². The minimum absolute atomic E-state index is 1.13. The molecule has 0 amide bonds. The standard InChI is InChI=1S/C11H15S2/c12-13-10-6-2-5-9-11-7-3-1-4-8-11/h1,3-4,7-8H,2,5-6,9-10H2. The fourth-order valence-electron chi connectivity index (χ4n) is 1.31. The first-order valence-electron chi connectivity index (χ1n) is 4.72. The minimum Gasteiger partial charge on any atom is -0.0817 e. The summed E-state index contributed by atoms with van der Waals surface area (Å²) in [6.07, 6.45) is 5.07. The normalized spacial score (nSPS) is 10.2. The fraction of sp³-hybridized carbons (Fsp3) is 0.455. The average Bonchev–Trinajstić information content (AvgIpc) is 2.19. The van der Waals surface area contributed by atoms with Crippen molar-refractivity contribution in [1.82, 2.24) is 0 Å². The van der Waals surface area contributed by atoms with Gasteiger partial charge in [0.1, 0.15) is 0 Å². The molecule has 2 heteroatoms. The van der Waals surface area contributed by atoms with E-state index in [1.54, 1.807) is 0 Å². The molecule has 0 aliphatic rings. The van der Waals surface area contributed by atoms with Crippen LogP contribution >= 0.6 is 22.5 Å². The zero-order valence-electron chi connectivity index (χ0n) is 7.74. The van der Waals surface area contributed by atoms with Crippen LogP contribution in [0.5, 0.6) is 0 Å². The van der Waals surface area contributed by atoms with Crippen LogP contribution in [0.25, 0.3) is 0 Å². The molecule has 0 saturated heterocycles. The van der Waals surface area contributed by atoms with E-state index in [0.717, 1.165) is 5.75 Å². The van der Waals surface area contributed by atoms with Gasteiger partial charge in [-0.15, -0.1) is 0 Å². The Labute approximate surface area is 89.9 Å². The summed E-state index contributed by atoms with van der Waals surface area (Å²) in [5, 5.41) is 0. The smallest absolute Gasteiger partial charge is 0.00454 e. The van der Waals surface area contributed by atoms with Gasteiger partial charge in [0.05, 0.1) is 0 Å². The summed E-state index contributed by atoms with van der Waals surface area (Å²) in [6, 6.07) is 10.7. The average molecular weight is 211 g/mol. The summed E-state index contributed by atoms with van der Waals surface area (Å²) in [4.78, 5) is 0. The number of rotatable bonds is 6. The van der Waals surface area contributed by atoms with E-state index in [2.05, 4.69) is 30.3 Å². The van der Waals surface area contributed by atoms with Crippen molar-refractivity contribution in [2.45, 2.75) is 25.7 Å². The molecule has 0 N–H and O–H groups in total. The summed E-state index contributed by atoms with van der Waals surface area (Å²) in [7, 11) is 1.53. The van der Waals surface area contributed by atoms with Crippen molar-refractivity contribution in [3.63, 3.8) is 0 Å². The second kappa shape index (κ2) is 7.34. The van der Waals surface area contributed by atoms with E-state index in [0.29, 0.717) is 0 Å². The van der Waals surface area contributed by atoms with Gasteiger partial charge in [0, 0.05) is 5.75 Å². The lowest BCUT2D eigenvalue weighted by Gasteiger charge is -2.00. The van der Waals surface area contributed by atoms with E-state index in [1.807, 2.05) is 0 Å². The third kappa shape index (κ3) is 5.27. The van der Waals surface area contributed by atoms with Crippen LogP contribution in [0.4, 0.5) is 0 Å². The molecule has 13 heavy (non-hydrogen) atoms. The van der Waals surface area contributed by atoms with Gasteiger partial charge in [-0.3, -0.25) is 0 Å². The van der Waals surface area contributed by atoms with Crippen LogP contribution in [0.1, 0.15) is 24.8 Å². The van der Waals surface area contributed by atoms with Crippen molar-refractivity contribution in [3.05, 3.63) is 35.9 Å². The molecule has 0 unspecified atom stereocenters. The van der Waals surface area contributed by atoms with E-state index in [-0.39, 0.29) is 0 Å². The summed E-state index contributed by atoms with van der Waals surface area (Å²) >= 11 is 4.81. The van der Waals surface area contributed by atoms with Crippen molar-refractivity contribution in [3.8, 4) is 0 Å². The van der Waals surface area contributed by atoms with Crippen molar-refractivity contribution in [2.75, 3.05) is 5.75 Å². The highest BCUT2D eigenvalue weighted by Crippen LogP contribution is 2.11. The van der Waals surface area contributed by atoms with Crippen LogP contribution in [0.2, 0.25) is 0 Å². The Hall–Kier alpha value is -0.0800. The number of aryl methyl sites for hydroxylation is 1. The van der Waals surface area contributed by atoms with E-state index in [1.165, 1.54) is 42.0 Å². The lowest BCUT2D eigenvalue weighted by Crippen LogP contribution is -1.85. The zero-order chi connectivity index (χ0) is 9.36. The molecular weight excluding hydrogens is 196 g/mol. The Kier molecular flexibility index (Phi) is 6.21. The van der Waals surface area contributed by atoms with Crippen LogP contribution in [-0.2, 0) is 6.42 Å². The van der Waals surface area contributed by atoms with Crippen molar-refractivity contribution in [1.29, 1.82) is 0 Å². The highest BCUT2D eigenvalue weighted by molar-refractivity contribution is 8.68. The molecule has 0 aromatic heterocycles. The highest BCUT2D eigenvalue weighted by Gasteiger charge is 1.92. The molecule has 0 atom stereocenters. The van der Waals surface area contributed by atoms with Gasteiger partial charge in [-0.1, -0.05) is 47.5 Å². The maximum absolute atomic E-state index is 4.81. The predicted octanol–water partition coefficient (Wildman–Crippen LogP) is 4.25. The van der Waals surface area contributed by atoms with Crippen LogP contribution in [0, 0.1) is 0 Å². The maximum atomic E-state index is 4.81. The molecule has 1 aromatic carbocycles. The molecule has 71 valence electrons. The van der Waals surface area contributed by atoms with Gasteiger partial charge in [-0.25, -0.2) is 0 Å². The molecule has 1 radical (unpaired) electrons. The number of benzene rings is 1. The number of hydrogen-bond acceptors (Lipinski definition) is 1. The Morgan fingerprint density at radius 1 is 1.00 bits per heavy atom. The number of hydrogen-bond donors (Lipinski definition) is 0. The van der Waals surface area contributed by atoms with E-state index in [4.69, 9.17) is 11.7 Å². The topological polar surface area (TPSA) is 0 Å². The zero-order valence-corrected chi connectivity index (χ0v) is 9.37. The van der Waals surface area contributed by atoms with Crippen molar-refractivity contribution < 1.29 is 0 Å². The molecule has 0 aliphatic carbocycles. The van der Waals surface area contributed by atoms with E-state index >= 15 is 0 Å². The molecule has 1 rings (SSSR count). The van der Waals surface area contributed by atoms with Gasteiger partial charge in [-0.05, 0) is 36.5 Å². The fourth-order valence-corrected chi connectivity index (χ4v) is 1.99. The molecule has 0 fully saturated rings. The summed E-state index contributed by atoms with van der Waals surface area (Å²) in [5.41, 5.74) is 1.45. The first-order chi connectivity index (χ1) is 6.43. The SMILES string of the molecule is [S]SCCCCCc1ccccc1. The Bertz CT molecular complexity index is 209. The molecule has 1 aromatic rings. The lowest BCUT2D eigenvalue weighted by molar-refractivity contribution is 0.723. The third-order valence-corrected chi connectivity index (χ3v) is 2.99. The van der Waals surface area contributed by atoms with E-state index < -0.39 is 0 Å². The van der Waals surface area contributed by atoms with Gasteiger partial charge in [0.25, 0.3) is 0 Å². The second-order valence-corrected chi connectivity index (χ2v) is 4.47. The van der Waals surface area contributed by atoms with E-state index in [9.17, 15) is 0 Å². The molecule has 0 spiro atoms. The molecular formula is C11H15S2. The summed E-state index contributed by atoms with van der Waals surface area (Å²) < 4.78 is 0. The van der Waals surface area contributed by atoms with Gasteiger partial charge in [0.2, 0.25) is 0 Å². The largest absolute Gasteiger partial charge is 0.0817 e. The second-order valence-electron chi connectivity index (χ2n) is 3.12. The van der Waals surface area contributed by atoms with Crippen LogP contribution < -0.4 is 0 Å². The monoisotopic (exact) mass is 211 g/mol. The third-order valence-electron chi connectivity index (χ3n) is 2.04. The van der Waals surface area contributed by atoms with Crippen molar-refractivity contribution >= 4 is 22.5 Å². The Morgan fingerprint density at radius 2 is 1.77 bits per heavy atom. The summed E-state index contributed by atoms with van der Waals surface area (Å²) in [5.74, 6) is 1.13. The molecule has 0 nitrogen and oxygen atoms in total. The van der Waals surface area contributed by atoms with Crippen LogP contribution in [0.3, 0.4) is 0 Å².